The number of hydrogen-bond donors (Lipinski definition) is 5. The maximum absolute atomic E-state index is 16.6. The molecule has 5 N–H and O–H groups in total. The van der Waals surface area contributed by atoms with Gasteiger partial charge in [-0.15, -0.1) is 4.73 Å². The fourth-order valence-corrected chi connectivity index (χ4v) is 7.38. The number of aromatic nitrogens is 2. The van der Waals surface area contributed by atoms with E-state index in [0.717, 1.165) is 62.5 Å². The smallest absolute Gasteiger partial charge is 0.492 e. The Kier molecular flexibility index (Phi) is 13.6. The van der Waals surface area contributed by atoms with Crippen LogP contribution in [0.25, 0.3) is 6.08 Å². The van der Waals surface area contributed by atoms with Gasteiger partial charge in [-0.3, -0.25) is 14.1 Å². The lowest BCUT2D eigenvalue weighted by molar-refractivity contribution is -0.870. The molecule has 19 heteroatoms. The van der Waals surface area contributed by atoms with E-state index in [1.54, 1.807) is 13.0 Å². The Balaban J connectivity index is 1.42. The molecule has 0 bridgehead atoms. The van der Waals surface area contributed by atoms with E-state index in [0.29, 0.717) is 34.7 Å². The van der Waals surface area contributed by atoms with Gasteiger partial charge in [0.2, 0.25) is 23.6 Å². The number of hydrogen-bond acceptors (Lipinski definition) is 8. The molecule has 0 aromatic carbocycles. The Labute approximate surface area is 314 Å². The van der Waals surface area contributed by atoms with Gasteiger partial charge in [0.05, 0.1) is 27.7 Å². The number of aryl methyl sites for hydroxylation is 2. The van der Waals surface area contributed by atoms with Crippen molar-refractivity contribution in [2.24, 2.45) is 0 Å². The third kappa shape index (κ3) is 10.8. The normalized spacial score (nSPS) is 15.6. The van der Waals surface area contributed by atoms with Crippen LogP contribution in [0.15, 0.2) is 35.5 Å². The summed E-state index contributed by atoms with van der Waals surface area (Å²) in [6, 6.07) is 2.39. The minimum absolute atomic E-state index is 0.0349. The third-order valence-corrected chi connectivity index (χ3v) is 10.0. The van der Waals surface area contributed by atoms with E-state index in [2.05, 4.69) is 31.8 Å². The van der Waals surface area contributed by atoms with Crippen LogP contribution in [0.3, 0.4) is 0 Å². The highest BCUT2D eigenvalue weighted by atomic mass is 32.2. The first kappa shape index (κ1) is 42.3. The summed E-state index contributed by atoms with van der Waals surface area (Å²) >= 11 is 0. The lowest BCUT2D eigenvalue weighted by atomic mass is 9.88. The van der Waals surface area contributed by atoms with Crippen LogP contribution < -0.4 is 15.5 Å². The Morgan fingerprint density at radius 3 is 2.31 bits per heavy atom. The fraction of sp³-hybridized carbons (Fsp3) is 0.543. The molecular formula is C35H52BF2N6O9S+. The summed E-state index contributed by atoms with van der Waals surface area (Å²) in [5.41, 5.74) is 3.16. The van der Waals surface area contributed by atoms with E-state index in [4.69, 9.17) is 4.84 Å². The van der Waals surface area contributed by atoms with E-state index in [-0.39, 0.29) is 44.4 Å². The highest BCUT2D eigenvalue weighted by molar-refractivity contribution is 7.85. The highest BCUT2D eigenvalue weighted by Crippen LogP contribution is 2.39. The molecule has 2 aromatic rings. The van der Waals surface area contributed by atoms with Gasteiger partial charge in [-0.1, -0.05) is 13.3 Å². The predicted molar refractivity (Wildman–Crippen MR) is 198 cm³/mol. The van der Waals surface area contributed by atoms with Crippen molar-refractivity contribution in [3.8, 4) is 11.8 Å². The number of carbonyl (C=O) groups is 3. The van der Waals surface area contributed by atoms with Gasteiger partial charge in [0.15, 0.2) is 5.70 Å². The fourth-order valence-electron chi connectivity index (χ4n) is 6.72. The van der Waals surface area contributed by atoms with Crippen molar-refractivity contribution in [2.45, 2.75) is 84.1 Å². The van der Waals surface area contributed by atoms with E-state index in [9.17, 15) is 37.6 Å². The van der Waals surface area contributed by atoms with Crippen molar-refractivity contribution in [1.82, 2.24) is 19.8 Å². The standard InChI is InChI=1S/C35H51BF2N6O9S/c1-6-7-11-26-21-27(42-30(26)22-29-25(12-10-19-44(3,4)5)20-24(2)41(29)36(42,37)38)14-15-31(45)40-28(23-54(50,51)52)35(49)39-18-9-8-13-34(48)53-43-32(46)16-17-33(43)47/h16-17,20-22,28H,6-15,18-19,23H2,1-5H3,(H4-,39,40,45,46,47,49,50,51,52)/p+1. The minimum atomic E-state index is -4.73. The average molecular weight is 782 g/mol. The van der Waals surface area contributed by atoms with Crippen LogP contribution in [0, 0.1) is 6.92 Å². The molecule has 0 radical (unpaired) electrons. The molecule has 0 saturated heterocycles. The zero-order valence-electron chi connectivity index (χ0n) is 31.5. The largest absolute Gasteiger partial charge is 0.737 e. The first-order chi connectivity index (χ1) is 25.2. The molecule has 2 aromatic heterocycles. The molecule has 0 spiro atoms. The van der Waals surface area contributed by atoms with Crippen LogP contribution in [-0.2, 0) is 30.9 Å². The van der Waals surface area contributed by atoms with Gasteiger partial charge < -0.3 is 47.8 Å². The van der Waals surface area contributed by atoms with Crippen molar-refractivity contribution in [3.63, 3.8) is 0 Å². The zero-order valence-corrected chi connectivity index (χ0v) is 32.3. The van der Waals surface area contributed by atoms with E-state index in [1.165, 1.54) is 0 Å². The maximum atomic E-state index is 16.6. The number of unbranched alkanes of at least 4 members (excludes halogenated alkanes) is 2. The summed E-state index contributed by atoms with van der Waals surface area (Å²) in [6.07, 6.45) is 6.99. The van der Waals surface area contributed by atoms with Crippen LogP contribution in [0.2, 0.25) is 0 Å². The number of quaternary nitrogens is 1. The van der Waals surface area contributed by atoms with Crippen molar-refractivity contribution < 1.29 is 60.0 Å². The van der Waals surface area contributed by atoms with Gasteiger partial charge >= 0.3 is 12.9 Å². The SMILES string of the molecule is CCCCC1=CC(CCC(=O)NC(CS(=O)(=O)O)C(=O)NCCCCC(=O)On2c(O)ccc2O)=[N+]2C1=Cc1c(CCC[N+](C)(C)C)cc(C)n1[B-]2(F)F. The van der Waals surface area contributed by atoms with Gasteiger partial charge in [0.25, 0.3) is 10.1 Å². The third-order valence-electron chi connectivity index (χ3n) is 9.29. The van der Waals surface area contributed by atoms with Gasteiger partial charge in [-0.2, -0.15) is 8.42 Å². The number of amides is 2. The van der Waals surface area contributed by atoms with Crippen LogP contribution in [0.4, 0.5) is 8.63 Å². The van der Waals surface area contributed by atoms with Gasteiger partial charge in [0.1, 0.15) is 17.5 Å². The molecule has 15 nitrogen and oxygen atoms in total. The molecule has 1 unspecified atom stereocenters. The van der Waals surface area contributed by atoms with Crippen molar-refractivity contribution in [2.75, 3.05) is 40.0 Å². The van der Waals surface area contributed by atoms with Crippen molar-refractivity contribution in [1.29, 1.82) is 0 Å². The molecular weight excluding hydrogens is 729 g/mol. The number of nitrogens with zero attached hydrogens (tertiary/aromatic N) is 4. The van der Waals surface area contributed by atoms with Gasteiger partial charge in [-0.05, 0) is 56.4 Å². The monoisotopic (exact) mass is 781 g/mol. The van der Waals surface area contributed by atoms with E-state index < -0.39 is 58.4 Å². The number of rotatable bonds is 20. The molecule has 4 heterocycles. The summed E-state index contributed by atoms with van der Waals surface area (Å²) in [6.45, 7) is 0.198. The average Bonchev–Trinajstić information content (AvgIpc) is 3.70. The first-order valence-corrected chi connectivity index (χ1v) is 19.8. The van der Waals surface area contributed by atoms with Crippen LogP contribution in [0.1, 0.15) is 81.7 Å². The quantitative estimate of drug-likeness (QED) is 0.0582. The lowest BCUT2D eigenvalue weighted by Crippen LogP contribution is -2.51. The van der Waals surface area contributed by atoms with Crippen LogP contribution >= 0.6 is 0 Å². The Morgan fingerprint density at radius 2 is 1.69 bits per heavy atom. The first-order valence-electron chi connectivity index (χ1n) is 18.2. The second-order valence-electron chi connectivity index (χ2n) is 14.9. The van der Waals surface area contributed by atoms with Crippen molar-refractivity contribution >= 4 is 46.7 Å². The van der Waals surface area contributed by atoms with Gasteiger partial charge in [0, 0.05) is 67.8 Å². The molecule has 0 aliphatic carbocycles. The Morgan fingerprint density at radius 1 is 1.00 bits per heavy atom. The van der Waals surface area contributed by atoms with Gasteiger partial charge in [-0.25, -0.2) is 4.79 Å². The highest BCUT2D eigenvalue weighted by Gasteiger charge is 2.54. The molecule has 2 aliphatic rings. The number of nitrogens with one attached hydrogen (secondary N) is 2. The Hall–Kier alpha value is -4.49. The van der Waals surface area contributed by atoms with Crippen LogP contribution in [0.5, 0.6) is 11.8 Å². The van der Waals surface area contributed by atoms with Crippen LogP contribution in [-0.4, -0.2) is 118 Å². The molecule has 0 saturated carbocycles. The summed E-state index contributed by atoms with van der Waals surface area (Å²) < 4.78 is 69.6. The zero-order chi connectivity index (χ0) is 40.0. The molecule has 1 atom stereocenters. The number of fused-ring (bicyclic) bond motifs is 2. The topological polar surface area (TPSA) is 192 Å². The predicted octanol–water partition coefficient (Wildman–Crippen LogP) is 2.90. The summed E-state index contributed by atoms with van der Waals surface area (Å²) in [5, 5.41) is 23.9. The molecule has 298 valence electrons. The van der Waals surface area contributed by atoms with E-state index in [1.807, 2.05) is 19.1 Å². The summed E-state index contributed by atoms with van der Waals surface area (Å²) in [5.74, 6) is -4.56. The summed E-state index contributed by atoms with van der Waals surface area (Å²) in [4.78, 5) is 42.9. The number of halogens is 2. The number of aromatic hydroxyl groups is 2. The Bertz CT molecular complexity index is 1930. The second-order valence-corrected chi connectivity index (χ2v) is 16.4. The maximum Gasteiger partial charge on any atom is 0.737 e. The minimum Gasteiger partial charge on any atom is -0.492 e. The lowest BCUT2D eigenvalue weighted by Gasteiger charge is -2.31. The molecule has 4 rings (SSSR count). The molecule has 2 aliphatic heterocycles. The van der Waals surface area contributed by atoms with Crippen molar-refractivity contribution in [3.05, 3.63) is 52.5 Å². The van der Waals surface area contributed by atoms with E-state index >= 15 is 8.63 Å². The number of allylic oxidation sites excluding steroid dienone is 2. The second kappa shape index (κ2) is 17.3. The summed E-state index contributed by atoms with van der Waals surface area (Å²) in [7, 11) is 1.54. The number of carbonyl (C=O) groups excluding carboxylic acids is 3. The molecule has 0 fully saturated rings. The molecule has 2 amide bonds. The molecule has 54 heavy (non-hydrogen) atoms.